The largest absolute Gasteiger partial charge is 0.356 e. The molecule has 5 heteroatoms. The number of hydrogen-bond acceptors (Lipinski definition) is 2. The molecular weight excluding hydrogens is 272 g/mol. The molecule has 3 nitrogen and oxygen atoms in total. The lowest BCUT2D eigenvalue weighted by Gasteiger charge is -2.29. The Morgan fingerprint density at radius 2 is 1.86 bits per heavy atom. The van der Waals surface area contributed by atoms with Crippen molar-refractivity contribution in [2.45, 2.75) is 38.1 Å². The second-order valence-electron chi connectivity index (χ2n) is 5.84. The zero-order valence-electron chi connectivity index (χ0n) is 11.7. The molecule has 2 aromatic rings. The summed E-state index contributed by atoms with van der Waals surface area (Å²) in [5, 5.41) is 3.31. The highest BCUT2D eigenvalue weighted by atomic mass is 19.1. The van der Waals surface area contributed by atoms with Gasteiger partial charge in [0.05, 0.1) is 11.7 Å². The van der Waals surface area contributed by atoms with Crippen LogP contribution in [0.4, 0.5) is 14.7 Å². The molecule has 2 heterocycles. The van der Waals surface area contributed by atoms with E-state index in [2.05, 4.69) is 14.9 Å². The Morgan fingerprint density at radius 3 is 2.67 bits per heavy atom. The number of halogens is 2. The molecule has 0 saturated carbocycles. The predicted molar refractivity (Wildman–Crippen MR) is 76.5 cm³/mol. The van der Waals surface area contributed by atoms with Gasteiger partial charge in [0.25, 0.3) is 0 Å². The van der Waals surface area contributed by atoms with E-state index >= 15 is 0 Å². The lowest BCUT2D eigenvalue weighted by atomic mass is 9.98. The maximum atomic E-state index is 13.5. The molecule has 1 aliphatic carbocycles. The number of anilines is 1. The molecule has 0 bridgehead atoms. The van der Waals surface area contributed by atoms with Crippen molar-refractivity contribution in [3.63, 3.8) is 0 Å². The molecule has 1 atom stereocenters. The van der Waals surface area contributed by atoms with Crippen molar-refractivity contribution in [2.24, 2.45) is 0 Å². The highest BCUT2D eigenvalue weighted by Crippen LogP contribution is 2.35. The van der Waals surface area contributed by atoms with Gasteiger partial charge < -0.3 is 9.88 Å². The van der Waals surface area contributed by atoms with Crippen molar-refractivity contribution in [1.29, 1.82) is 0 Å². The van der Waals surface area contributed by atoms with E-state index in [4.69, 9.17) is 0 Å². The van der Waals surface area contributed by atoms with Crippen molar-refractivity contribution >= 4 is 5.95 Å². The second kappa shape index (κ2) is 4.83. The first-order chi connectivity index (χ1) is 10.2. The summed E-state index contributed by atoms with van der Waals surface area (Å²) < 4.78 is 29.2. The highest BCUT2D eigenvalue weighted by Gasteiger charge is 2.29. The molecule has 4 rings (SSSR count). The fourth-order valence-corrected chi connectivity index (χ4v) is 3.56. The third-order valence-corrected chi connectivity index (χ3v) is 4.45. The smallest absolute Gasteiger partial charge is 0.203 e. The summed E-state index contributed by atoms with van der Waals surface area (Å²) in [5.41, 5.74) is 3.08. The normalized spacial score (nSPS) is 20.6. The summed E-state index contributed by atoms with van der Waals surface area (Å²) >= 11 is 0. The van der Waals surface area contributed by atoms with Crippen molar-refractivity contribution in [2.75, 3.05) is 11.9 Å². The monoisotopic (exact) mass is 289 g/mol. The van der Waals surface area contributed by atoms with E-state index in [1.807, 2.05) is 0 Å². The van der Waals surface area contributed by atoms with E-state index in [9.17, 15) is 8.78 Å². The van der Waals surface area contributed by atoms with Crippen molar-refractivity contribution < 1.29 is 8.78 Å². The van der Waals surface area contributed by atoms with Crippen LogP contribution in [0.3, 0.4) is 0 Å². The number of benzene rings is 1. The van der Waals surface area contributed by atoms with E-state index in [0.717, 1.165) is 49.9 Å². The van der Waals surface area contributed by atoms with E-state index in [1.54, 1.807) is 0 Å². The number of aromatic nitrogens is 2. The van der Waals surface area contributed by atoms with Gasteiger partial charge in [0.15, 0.2) is 0 Å². The van der Waals surface area contributed by atoms with E-state index in [-0.39, 0.29) is 6.04 Å². The van der Waals surface area contributed by atoms with Crippen LogP contribution in [0.15, 0.2) is 18.2 Å². The van der Waals surface area contributed by atoms with Crippen LogP contribution in [0.25, 0.3) is 0 Å². The van der Waals surface area contributed by atoms with Gasteiger partial charge >= 0.3 is 0 Å². The lowest BCUT2D eigenvalue weighted by Crippen LogP contribution is -2.25. The topological polar surface area (TPSA) is 29.9 Å². The first-order valence-corrected chi connectivity index (χ1v) is 7.52. The van der Waals surface area contributed by atoms with Gasteiger partial charge in [-0.3, -0.25) is 0 Å². The molecule has 1 N–H and O–H groups in total. The first-order valence-electron chi connectivity index (χ1n) is 7.52. The number of aryl methyl sites for hydroxylation is 1. The summed E-state index contributed by atoms with van der Waals surface area (Å²) in [4.78, 5) is 4.68. The van der Waals surface area contributed by atoms with Gasteiger partial charge in [-0.15, -0.1) is 0 Å². The molecule has 0 spiro atoms. The minimum Gasteiger partial charge on any atom is -0.356 e. The van der Waals surface area contributed by atoms with E-state index < -0.39 is 11.6 Å². The molecule has 0 radical (unpaired) electrons. The molecule has 1 aromatic heterocycles. The molecule has 1 unspecified atom stereocenters. The fourth-order valence-electron chi connectivity index (χ4n) is 3.56. The lowest BCUT2D eigenvalue weighted by molar-refractivity contribution is 0.492. The maximum Gasteiger partial charge on any atom is 0.203 e. The number of nitrogens with zero attached hydrogens (tertiary/aromatic N) is 2. The average molecular weight is 289 g/mol. The molecule has 1 aromatic carbocycles. The van der Waals surface area contributed by atoms with Gasteiger partial charge in [0.2, 0.25) is 5.95 Å². The van der Waals surface area contributed by atoms with Crippen LogP contribution in [0.1, 0.15) is 42.3 Å². The van der Waals surface area contributed by atoms with Gasteiger partial charge in [0, 0.05) is 18.3 Å². The minimum atomic E-state index is -0.515. The predicted octanol–water partition coefficient (Wildman–Crippen LogP) is 3.45. The number of imidazole rings is 1. The molecule has 2 aliphatic rings. The number of fused-ring (bicyclic) bond motifs is 3. The maximum absolute atomic E-state index is 13.5. The van der Waals surface area contributed by atoms with Crippen LogP contribution in [-0.2, 0) is 12.8 Å². The Balaban J connectivity index is 1.84. The van der Waals surface area contributed by atoms with Crippen LogP contribution in [0, 0.1) is 11.6 Å². The average Bonchev–Trinajstić information content (AvgIpc) is 2.84. The third-order valence-electron chi connectivity index (χ3n) is 4.45. The van der Waals surface area contributed by atoms with Gasteiger partial charge in [-0.1, -0.05) is 0 Å². The van der Waals surface area contributed by atoms with Gasteiger partial charge in [-0.05, 0) is 49.8 Å². The molecule has 1 aliphatic heterocycles. The Hall–Kier alpha value is -1.91. The van der Waals surface area contributed by atoms with Gasteiger partial charge in [-0.2, -0.15) is 0 Å². The first kappa shape index (κ1) is 12.8. The highest BCUT2D eigenvalue weighted by molar-refractivity contribution is 5.41. The summed E-state index contributed by atoms with van der Waals surface area (Å²) in [7, 11) is 0. The van der Waals surface area contributed by atoms with E-state index in [1.165, 1.54) is 24.2 Å². The minimum absolute atomic E-state index is 0.0270. The fraction of sp³-hybridized carbons (Fsp3) is 0.438. The SMILES string of the molecule is Fc1cc(F)cc(C2CCNc3nc4c(n32)CCCC4)c1. The molecule has 0 amide bonds. The Morgan fingerprint density at radius 1 is 1.10 bits per heavy atom. The molecular formula is C16H17F2N3. The summed E-state index contributed by atoms with van der Waals surface area (Å²) in [6.45, 7) is 0.776. The Kier molecular flexibility index (Phi) is 2.94. The third kappa shape index (κ3) is 2.11. The van der Waals surface area contributed by atoms with E-state index in [0.29, 0.717) is 5.56 Å². The van der Waals surface area contributed by atoms with Crippen LogP contribution >= 0.6 is 0 Å². The number of hydrogen-bond donors (Lipinski definition) is 1. The summed E-state index contributed by atoms with van der Waals surface area (Å²) in [6, 6.07) is 3.78. The van der Waals surface area contributed by atoms with Crippen LogP contribution in [0.2, 0.25) is 0 Å². The van der Waals surface area contributed by atoms with Crippen molar-refractivity contribution in [1.82, 2.24) is 9.55 Å². The zero-order valence-corrected chi connectivity index (χ0v) is 11.7. The molecule has 21 heavy (non-hydrogen) atoms. The Bertz CT molecular complexity index is 673. The van der Waals surface area contributed by atoms with Crippen LogP contribution in [0.5, 0.6) is 0 Å². The number of rotatable bonds is 1. The quantitative estimate of drug-likeness (QED) is 0.871. The molecule has 0 fully saturated rings. The standard InChI is InChI=1S/C16H17F2N3/c17-11-7-10(8-12(18)9-11)14-5-6-19-16-20-13-3-1-2-4-15(13)21(14)16/h7-9,14H,1-6H2,(H,19,20). The summed E-state index contributed by atoms with van der Waals surface area (Å²) in [6.07, 6.45) is 5.14. The number of nitrogens with one attached hydrogen (secondary N) is 1. The second-order valence-corrected chi connectivity index (χ2v) is 5.84. The molecule has 110 valence electrons. The zero-order chi connectivity index (χ0) is 14.4. The van der Waals surface area contributed by atoms with Gasteiger partial charge in [-0.25, -0.2) is 13.8 Å². The van der Waals surface area contributed by atoms with Crippen molar-refractivity contribution in [3.05, 3.63) is 46.8 Å². The van der Waals surface area contributed by atoms with Gasteiger partial charge in [0.1, 0.15) is 11.6 Å². The Labute approximate surface area is 122 Å². The van der Waals surface area contributed by atoms with Crippen LogP contribution in [-0.4, -0.2) is 16.1 Å². The van der Waals surface area contributed by atoms with Crippen LogP contribution < -0.4 is 5.32 Å². The van der Waals surface area contributed by atoms with Crippen molar-refractivity contribution in [3.8, 4) is 0 Å². The summed E-state index contributed by atoms with van der Waals surface area (Å²) in [5.74, 6) is -0.180. The molecule has 0 saturated heterocycles.